The second-order valence-corrected chi connectivity index (χ2v) is 14.8. The third kappa shape index (κ3) is 41.4. The molecule has 0 aliphatic rings. The number of hydrogen-bond donors (Lipinski definition) is 5. The Morgan fingerprint density at radius 1 is 0.509 bits per heavy atom. The van der Waals surface area contributed by atoms with Crippen LogP contribution in [0.3, 0.4) is 0 Å². The molecule has 0 bridgehead atoms. The average Bonchev–Trinajstić information content (AvgIpc) is 3.20. The molecule has 330 valence electrons. The zero-order chi connectivity index (χ0) is 41.9. The molecule has 0 aromatic rings. The minimum absolute atomic E-state index is 0.0545. The maximum absolute atomic E-state index is 12.3. The van der Waals surface area contributed by atoms with Gasteiger partial charge in [-0.1, -0.05) is 103 Å². The van der Waals surface area contributed by atoms with Crippen molar-refractivity contribution < 1.29 is 42.9 Å². The highest BCUT2D eigenvalue weighted by molar-refractivity contribution is 6.05. The van der Waals surface area contributed by atoms with Crippen LogP contribution in [0.5, 0.6) is 0 Å². The Bertz CT molecular complexity index is 982. The third-order valence-electron chi connectivity index (χ3n) is 9.46. The molecule has 2 atom stereocenters. The monoisotopic (exact) mass is 810 g/mol. The molecule has 57 heavy (non-hydrogen) atoms. The van der Waals surface area contributed by atoms with Crippen LogP contribution < -0.4 is 26.5 Å². The topological polar surface area (TPSA) is 182 Å². The fraction of sp³-hybridized carbons (Fsp3) is 0.881. The molecule has 0 aliphatic carbocycles. The minimum Gasteiger partial charge on any atom is -0.377 e. The van der Waals surface area contributed by atoms with E-state index in [-0.39, 0.29) is 68.7 Å². The van der Waals surface area contributed by atoms with Gasteiger partial charge in [0, 0.05) is 38.5 Å². The fourth-order valence-corrected chi connectivity index (χ4v) is 5.99. The van der Waals surface area contributed by atoms with Gasteiger partial charge < -0.3 is 50.2 Å². The van der Waals surface area contributed by atoms with E-state index in [1.165, 1.54) is 89.9 Å². The second-order valence-electron chi connectivity index (χ2n) is 14.8. The van der Waals surface area contributed by atoms with E-state index in [2.05, 4.69) is 33.4 Å². The summed E-state index contributed by atoms with van der Waals surface area (Å²) in [6.45, 7) is 6.89. The lowest BCUT2D eigenvalue weighted by Gasteiger charge is -2.14. The van der Waals surface area contributed by atoms with Gasteiger partial charge >= 0.3 is 0 Å². The Labute approximate surface area is 346 Å². The van der Waals surface area contributed by atoms with E-state index in [1.807, 2.05) is 6.92 Å². The normalized spacial score (nSPS) is 12.2. The van der Waals surface area contributed by atoms with Crippen LogP contribution in [0.2, 0.25) is 0 Å². The molecular weight excluding hydrogens is 729 g/mol. The van der Waals surface area contributed by atoms with Crippen LogP contribution in [-0.2, 0) is 42.9 Å². The zero-order valence-corrected chi connectivity index (χ0v) is 35.8. The summed E-state index contributed by atoms with van der Waals surface area (Å²) in [5.41, 5.74) is 0. The van der Waals surface area contributed by atoms with Crippen molar-refractivity contribution in [3.8, 4) is 0 Å². The molecule has 0 saturated heterocycles. The molecule has 2 radical (unpaired) electrons. The first-order valence-electron chi connectivity index (χ1n) is 22.1. The molecule has 0 aromatic heterocycles. The second kappa shape index (κ2) is 43.0. The third-order valence-corrected chi connectivity index (χ3v) is 9.46. The van der Waals surface area contributed by atoms with E-state index in [1.54, 1.807) is 0 Å². The highest BCUT2D eigenvalue weighted by Gasteiger charge is 2.10. The van der Waals surface area contributed by atoms with Crippen molar-refractivity contribution >= 4 is 37.9 Å². The molecule has 0 aromatic carbocycles. The van der Waals surface area contributed by atoms with Crippen LogP contribution in [0.4, 0.5) is 0 Å². The molecule has 1 unspecified atom stereocenters. The molecule has 0 rings (SSSR count). The van der Waals surface area contributed by atoms with E-state index in [4.69, 9.17) is 26.9 Å². The first-order chi connectivity index (χ1) is 27.8. The number of carbonyl (C=O) groups excluding carboxylic acids is 5. The highest BCUT2D eigenvalue weighted by atomic mass is 16.5. The molecular formula is C42H80BN5O9. The van der Waals surface area contributed by atoms with Crippen LogP contribution in [-0.4, -0.2) is 122 Å². The van der Waals surface area contributed by atoms with Gasteiger partial charge in [0.2, 0.25) is 23.6 Å². The van der Waals surface area contributed by atoms with E-state index in [9.17, 15) is 24.0 Å². The summed E-state index contributed by atoms with van der Waals surface area (Å²) in [4.78, 5) is 58.8. The summed E-state index contributed by atoms with van der Waals surface area (Å²) < 4.78 is 21.4. The number of rotatable bonds is 44. The van der Waals surface area contributed by atoms with Crippen LogP contribution >= 0.6 is 0 Å². The van der Waals surface area contributed by atoms with Crippen LogP contribution in [0.15, 0.2) is 0 Å². The average molecular weight is 810 g/mol. The van der Waals surface area contributed by atoms with Gasteiger partial charge in [-0.25, -0.2) is 0 Å². The predicted molar refractivity (Wildman–Crippen MR) is 226 cm³/mol. The standard InChI is InChI=1S/C42H80BN5O9/c1-3-4-5-6-7-8-9-10-11-12-13-14-15-16-17-18-22-40(51)47-37(2)23-24-39(50)45-26-28-54-30-33-57-36-42(53)46-27-29-55-31-32-56-35-41(52)44-25-20-19-21-38(34-49)48-43/h34,37-38,48H,3-33,35-36H2,1-2H3,(H,44,52)(H,45,50)(H,46,53)(H,47,51)/t37-,38?/m1/s1. The lowest BCUT2D eigenvalue weighted by atomic mass is 10.0. The van der Waals surface area contributed by atoms with Crippen molar-refractivity contribution in [2.24, 2.45) is 0 Å². The van der Waals surface area contributed by atoms with Crippen LogP contribution in [0.1, 0.15) is 155 Å². The van der Waals surface area contributed by atoms with Crippen molar-refractivity contribution in [2.75, 3.05) is 72.5 Å². The Kier molecular flexibility index (Phi) is 41.1. The Morgan fingerprint density at radius 2 is 0.965 bits per heavy atom. The van der Waals surface area contributed by atoms with Crippen molar-refractivity contribution in [1.82, 2.24) is 26.5 Å². The van der Waals surface area contributed by atoms with E-state index < -0.39 is 0 Å². The van der Waals surface area contributed by atoms with E-state index in [0.29, 0.717) is 65.1 Å². The van der Waals surface area contributed by atoms with Crippen molar-refractivity contribution in [1.29, 1.82) is 0 Å². The van der Waals surface area contributed by atoms with Gasteiger partial charge in [-0.3, -0.25) is 19.2 Å². The molecule has 14 nitrogen and oxygen atoms in total. The van der Waals surface area contributed by atoms with Crippen LogP contribution in [0, 0.1) is 0 Å². The van der Waals surface area contributed by atoms with Gasteiger partial charge in [0.05, 0.1) is 45.7 Å². The molecule has 4 amide bonds. The van der Waals surface area contributed by atoms with Crippen molar-refractivity contribution in [3.05, 3.63) is 0 Å². The van der Waals surface area contributed by atoms with Gasteiger partial charge in [-0.15, -0.1) is 0 Å². The lowest BCUT2D eigenvalue weighted by Crippen LogP contribution is -2.34. The largest absolute Gasteiger partial charge is 0.377 e. The Hall–Kier alpha value is -2.59. The number of aldehydes is 1. The summed E-state index contributed by atoms with van der Waals surface area (Å²) >= 11 is 0. The minimum atomic E-state index is -0.367. The number of hydrogen-bond acceptors (Lipinski definition) is 10. The first-order valence-corrected chi connectivity index (χ1v) is 22.1. The summed E-state index contributed by atoms with van der Waals surface area (Å²) in [5, 5.41) is 13.7. The SMILES string of the molecule is [B]NC(C=O)CCCCNC(=O)COCCOCCNC(=O)COCCOCCNC(=O)CC[C@@H](C)NC(=O)CCCCCCCCCCCCCCCCCC. The Morgan fingerprint density at radius 3 is 1.46 bits per heavy atom. The highest BCUT2D eigenvalue weighted by Crippen LogP contribution is 2.14. The van der Waals surface area contributed by atoms with E-state index >= 15 is 0 Å². The maximum Gasteiger partial charge on any atom is 0.246 e. The quantitative estimate of drug-likeness (QED) is 0.0328. The summed E-state index contributed by atoms with van der Waals surface area (Å²) in [5.74, 6) is -0.519. The summed E-state index contributed by atoms with van der Waals surface area (Å²) in [6.07, 6.45) is 25.3. The molecule has 0 heterocycles. The first kappa shape index (κ1) is 54.4. The fourth-order valence-electron chi connectivity index (χ4n) is 5.99. The lowest BCUT2D eigenvalue weighted by molar-refractivity contribution is -0.127. The molecule has 0 fully saturated rings. The number of ether oxygens (including phenoxy) is 4. The molecule has 0 aliphatic heterocycles. The van der Waals surface area contributed by atoms with Crippen molar-refractivity contribution in [2.45, 2.75) is 167 Å². The zero-order valence-electron chi connectivity index (χ0n) is 35.8. The van der Waals surface area contributed by atoms with Gasteiger partial charge in [-0.2, -0.15) is 0 Å². The predicted octanol–water partition coefficient (Wildman–Crippen LogP) is 4.75. The maximum atomic E-state index is 12.3. The molecule has 0 spiro atoms. The van der Waals surface area contributed by atoms with Gasteiger partial charge in [0.15, 0.2) is 7.98 Å². The summed E-state index contributed by atoms with van der Waals surface area (Å²) in [6, 6.07) is -0.422. The number of carbonyl (C=O) groups is 5. The molecule has 5 N–H and O–H groups in total. The Balaban J connectivity index is 3.47. The molecule has 15 heteroatoms. The number of nitrogens with one attached hydrogen (secondary N) is 5. The molecule has 0 saturated carbocycles. The van der Waals surface area contributed by atoms with Gasteiger partial charge in [0.25, 0.3) is 0 Å². The smallest absolute Gasteiger partial charge is 0.246 e. The van der Waals surface area contributed by atoms with Crippen molar-refractivity contribution in [3.63, 3.8) is 0 Å². The van der Waals surface area contributed by atoms with Gasteiger partial charge in [-0.05, 0) is 39.0 Å². The summed E-state index contributed by atoms with van der Waals surface area (Å²) in [7, 11) is 5.23. The van der Waals surface area contributed by atoms with E-state index in [0.717, 1.165) is 32.0 Å². The van der Waals surface area contributed by atoms with Gasteiger partial charge in [0.1, 0.15) is 19.5 Å². The number of unbranched alkanes of at least 4 members (excludes halogenated alkanes) is 16. The van der Waals surface area contributed by atoms with Crippen LogP contribution in [0.25, 0.3) is 0 Å². The number of amides is 4.